The van der Waals surface area contributed by atoms with Crippen molar-refractivity contribution in [3.63, 3.8) is 0 Å². The Labute approximate surface area is 100 Å². The Hall–Kier alpha value is -1.16. The van der Waals surface area contributed by atoms with Crippen LogP contribution < -0.4 is 5.73 Å². The first-order valence-electron chi connectivity index (χ1n) is 5.98. The Morgan fingerprint density at radius 2 is 1.76 bits per heavy atom. The van der Waals surface area contributed by atoms with Crippen molar-refractivity contribution in [1.82, 2.24) is 0 Å². The molecule has 0 heterocycles. The number of hydrogen-bond acceptors (Lipinski definition) is 2. The van der Waals surface area contributed by atoms with E-state index in [0.717, 1.165) is 37.8 Å². The largest absolute Gasteiger partial charge is 0.394 e. The summed E-state index contributed by atoms with van der Waals surface area (Å²) in [5.41, 5.74) is 4.92. The first kappa shape index (κ1) is 13.9. The van der Waals surface area contributed by atoms with Crippen LogP contribution in [0.5, 0.6) is 0 Å². The normalized spacial score (nSPS) is 12.7. The van der Waals surface area contributed by atoms with Crippen molar-refractivity contribution in [2.45, 2.75) is 45.1 Å². The molecule has 0 fully saturated rings. The van der Waals surface area contributed by atoms with Crippen LogP contribution in [0.3, 0.4) is 0 Å². The molecule has 0 aliphatic carbocycles. The van der Waals surface area contributed by atoms with E-state index in [1.54, 1.807) is 0 Å². The van der Waals surface area contributed by atoms with Crippen molar-refractivity contribution < 1.29 is 13.9 Å². The number of nitrogens with two attached hydrogens (primary N) is 1. The first-order valence-corrected chi connectivity index (χ1v) is 5.98. The summed E-state index contributed by atoms with van der Waals surface area (Å²) >= 11 is 0. The zero-order valence-corrected chi connectivity index (χ0v) is 10.0. The second-order valence-electron chi connectivity index (χ2n) is 4.26. The lowest BCUT2D eigenvalue weighted by Crippen LogP contribution is -2.02. The van der Waals surface area contributed by atoms with E-state index in [9.17, 15) is 13.9 Å². The second-order valence-corrected chi connectivity index (χ2v) is 4.26. The first-order chi connectivity index (χ1) is 8.06. The van der Waals surface area contributed by atoms with Gasteiger partial charge in [-0.15, -0.1) is 0 Å². The number of halogens is 2. The van der Waals surface area contributed by atoms with Crippen molar-refractivity contribution in [2.75, 3.05) is 5.73 Å². The highest BCUT2D eigenvalue weighted by atomic mass is 19.1. The predicted molar refractivity (Wildman–Crippen MR) is 64.5 cm³/mol. The lowest BCUT2D eigenvalue weighted by atomic mass is 10.0. The topological polar surface area (TPSA) is 46.2 Å². The second kappa shape index (κ2) is 6.55. The molecule has 0 bridgehead atoms. The Morgan fingerprint density at radius 3 is 2.29 bits per heavy atom. The minimum Gasteiger partial charge on any atom is -0.394 e. The van der Waals surface area contributed by atoms with Gasteiger partial charge in [-0.3, -0.25) is 0 Å². The molecule has 1 unspecified atom stereocenters. The van der Waals surface area contributed by atoms with E-state index < -0.39 is 23.4 Å². The fourth-order valence-electron chi connectivity index (χ4n) is 1.73. The number of aliphatic hydroxyl groups excluding tert-OH is 1. The summed E-state index contributed by atoms with van der Waals surface area (Å²) in [6.07, 6.45) is 3.79. The van der Waals surface area contributed by atoms with Gasteiger partial charge in [-0.1, -0.05) is 32.6 Å². The van der Waals surface area contributed by atoms with E-state index in [-0.39, 0.29) is 5.56 Å². The maximum atomic E-state index is 13.2. The predicted octanol–water partition coefficient (Wildman–Crippen LogP) is 3.55. The van der Waals surface area contributed by atoms with Gasteiger partial charge in [0.2, 0.25) is 0 Å². The van der Waals surface area contributed by atoms with Gasteiger partial charge in [0, 0.05) is 0 Å². The Balaban J connectivity index is 2.60. The molecule has 0 aliphatic heterocycles. The van der Waals surface area contributed by atoms with Crippen LogP contribution in [-0.4, -0.2) is 5.11 Å². The monoisotopic (exact) mass is 243 g/mol. The van der Waals surface area contributed by atoms with Gasteiger partial charge >= 0.3 is 0 Å². The molecule has 4 heteroatoms. The highest BCUT2D eigenvalue weighted by Crippen LogP contribution is 2.25. The molecular formula is C13H19F2NO. The number of rotatable bonds is 6. The van der Waals surface area contributed by atoms with E-state index >= 15 is 0 Å². The van der Waals surface area contributed by atoms with Crippen molar-refractivity contribution >= 4 is 5.69 Å². The molecule has 0 spiro atoms. The summed E-state index contributed by atoms with van der Waals surface area (Å²) in [5.74, 6) is -1.62. The molecule has 1 atom stereocenters. The summed E-state index contributed by atoms with van der Waals surface area (Å²) in [4.78, 5) is 0. The van der Waals surface area contributed by atoms with Crippen LogP contribution in [0, 0.1) is 11.6 Å². The number of aliphatic hydroxyl groups is 1. The molecule has 2 nitrogen and oxygen atoms in total. The van der Waals surface area contributed by atoms with E-state index in [4.69, 9.17) is 5.73 Å². The molecule has 96 valence electrons. The molecule has 1 aromatic rings. The molecule has 0 saturated carbocycles. The van der Waals surface area contributed by atoms with Gasteiger partial charge in [-0.25, -0.2) is 8.78 Å². The molecule has 1 rings (SSSR count). The van der Waals surface area contributed by atoms with Crippen molar-refractivity contribution in [2.24, 2.45) is 0 Å². The van der Waals surface area contributed by atoms with Gasteiger partial charge in [-0.2, -0.15) is 0 Å². The smallest absolute Gasteiger partial charge is 0.149 e. The van der Waals surface area contributed by atoms with Gasteiger partial charge in [0.05, 0.1) is 6.10 Å². The zero-order chi connectivity index (χ0) is 12.8. The third kappa shape index (κ3) is 3.97. The minimum absolute atomic E-state index is 0.255. The van der Waals surface area contributed by atoms with Gasteiger partial charge < -0.3 is 10.8 Å². The molecule has 0 radical (unpaired) electrons. The molecule has 17 heavy (non-hydrogen) atoms. The lowest BCUT2D eigenvalue weighted by Gasteiger charge is -2.12. The van der Waals surface area contributed by atoms with E-state index in [1.165, 1.54) is 0 Å². The van der Waals surface area contributed by atoms with Crippen LogP contribution in [0.25, 0.3) is 0 Å². The van der Waals surface area contributed by atoms with Gasteiger partial charge in [0.1, 0.15) is 17.3 Å². The molecule has 0 aromatic heterocycles. The van der Waals surface area contributed by atoms with Crippen LogP contribution in [0.4, 0.5) is 14.5 Å². The maximum absolute atomic E-state index is 13.2. The van der Waals surface area contributed by atoms with Crippen molar-refractivity contribution in [3.05, 3.63) is 29.3 Å². The average Bonchev–Trinajstić information content (AvgIpc) is 2.30. The van der Waals surface area contributed by atoms with E-state index in [2.05, 4.69) is 6.92 Å². The number of hydrogen-bond donors (Lipinski definition) is 2. The maximum Gasteiger partial charge on any atom is 0.149 e. The third-order valence-corrected chi connectivity index (χ3v) is 2.82. The summed E-state index contributed by atoms with van der Waals surface area (Å²) in [6, 6.07) is 2.20. The lowest BCUT2D eigenvalue weighted by molar-refractivity contribution is 0.162. The Bertz CT molecular complexity index is 345. The van der Waals surface area contributed by atoms with Crippen molar-refractivity contribution in [3.8, 4) is 0 Å². The highest BCUT2D eigenvalue weighted by Gasteiger charge is 2.13. The molecule has 3 N–H and O–H groups in total. The molecule has 1 aromatic carbocycles. The fourth-order valence-corrected chi connectivity index (χ4v) is 1.73. The quantitative estimate of drug-likeness (QED) is 0.593. The molecule has 0 aliphatic rings. The SMILES string of the molecule is CCCCCCC(O)c1cc(F)c(N)c(F)c1. The Kier molecular flexibility index (Phi) is 5.35. The number of unbranched alkanes of at least 4 members (excludes halogenated alkanes) is 3. The number of anilines is 1. The summed E-state index contributed by atoms with van der Waals surface area (Å²) < 4.78 is 26.3. The summed E-state index contributed by atoms with van der Waals surface area (Å²) in [6.45, 7) is 2.10. The van der Waals surface area contributed by atoms with Crippen LogP contribution >= 0.6 is 0 Å². The van der Waals surface area contributed by atoms with Crippen LogP contribution in [0.15, 0.2) is 12.1 Å². The number of benzene rings is 1. The minimum atomic E-state index is -0.823. The molecule has 0 amide bonds. The van der Waals surface area contributed by atoms with Crippen LogP contribution in [-0.2, 0) is 0 Å². The van der Waals surface area contributed by atoms with Gasteiger partial charge in [0.15, 0.2) is 0 Å². The zero-order valence-electron chi connectivity index (χ0n) is 10.0. The van der Waals surface area contributed by atoms with Crippen LogP contribution in [0.1, 0.15) is 50.7 Å². The van der Waals surface area contributed by atoms with Crippen LogP contribution in [0.2, 0.25) is 0 Å². The summed E-state index contributed by atoms with van der Waals surface area (Å²) in [7, 11) is 0. The van der Waals surface area contributed by atoms with E-state index in [1.807, 2.05) is 0 Å². The molecule has 0 saturated heterocycles. The van der Waals surface area contributed by atoms with Gasteiger partial charge in [0.25, 0.3) is 0 Å². The highest BCUT2D eigenvalue weighted by molar-refractivity contribution is 5.43. The average molecular weight is 243 g/mol. The molecular weight excluding hydrogens is 224 g/mol. The van der Waals surface area contributed by atoms with E-state index in [0.29, 0.717) is 6.42 Å². The summed E-state index contributed by atoms with van der Waals surface area (Å²) in [5, 5.41) is 9.79. The van der Waals surface area contributed by atoms with Crippen molar-refractivity contribution in [1.29, 1.82) is 0 Å². The fraction of sp³-hybridized carbons (Fsp3) is 0.538. The number of nitrogen functional groups attached to an aromatic ring is 1. The standard InChI is InChI=1S/C13H19F2NO/c1-2-3-4-5-6-12(17)9-7-10(14)13(16)11(15)8-9/h7-8,12,17H,2-6,16H2,1H3. The van der Waals surface area contributed by atoms with Gasteiger partial charge in [-0.05, 0) is 24.1 Å². The third-order valence-electron chi connectivity index (χ3n) is 2.82. The Morgan fingerprint density at radius 1 is 1.18 bits per heavy atom.